The molecule has 1 saturated carbocycles. The number of nitriles is 1. The lowest BCUT2D eigenvalue weighted by Crippen LogP contribution is -2.28. The van der Waals surface area contributed by atoms with Crippen LogP contribution in [0.15, 0.2) is 29.2 Å². The zero-order valence-electron chi connectivity index (χ0n) is 8.22. The molecule has 6 heteroatoms. The van der Waals surface area contributed by atoms with Crippen molar-refractivity contribution in [2.75, 3.05) is 0 Å². The van der Waals surface area contributed by atoms with E-state index in [-0.39, 0.29) is 11.3 Å². The quantitative estimate of drug-likeness (QED) is 0.859. The van der Waals surface area contributed by atoms with Gasteiger partial charge in [0.1, 0.15) is 10.8 Å². The van der Waals surface area contributed by atoms with Gasteiger partial charge in [-0.05, 0) is 30.7 Å². The SMILES string of the molecule is N#C[C@@]1(N)C[C@@H]1S(=O)(=O)c1ccc(Cl)cc1. The van der Waals surface area contributed by atoms with E-state index in [0.29, 0.717) is 5.02 Å². The Kier molecular flexibility index (Phi) is 2.46. The van der Waals surface area contributed by atoms with E-state index in [1.807, 2.05) is 6.07 Å². The van der Waals surface area contributed by atoms with Crippen LogP contribution in [-0.2, 0) is 9.84 Å². The maximum atomic E-state index is 12.0. The van der Waals surface area contributed by atoms with Crippen LogP contribution in [0.5, 0.6) is 0 Å². The molecule has 4 nitrogen and oxygen atoms in total. The average Bonchev–Trinajstić information content (AvgIpc) is 2.93. The summed E-state index contributed by atoms with van der Waals surface area (Å²) < 4.78 is 24.0. The number of benzene rings is 1. The van der Waals surface area contributed by atoms with Gasteiger partial charge in [-0.15, -0.1) is 0 Å². The molecule has 1 fully saturated rings. The normalized spacial score (nSPS) is 28.4. The zero-order chi connectivity index (χ0) is 12.0. The molecule has 2 rings (SSSR count). The van der Waals surface area contributed by atoms with E-state index in [9.17, 15) is 8.42 Å². The van der Waals surface area contributed by atoms with Crippen molar-refractivity contribution in [3.05, 3.63) is 29.3 Å². The fourth-order valence-electron chi connectivity index (χ4n) is 1.54. The monoisotopic (exact) mass is 256 g/mol. The molecule has 0 spiro atoms. The molecule has 2 N–H and O–H groups in total. The standard InChI is InChI=1S/C10H9ClN2O2S/c11-7-1-3-8(4-2-7)16(14,15)9-5-10(9,13)6-12/h1-4,9H,5,13H2/t9-,10-/m0/s1. The average molecular weight is 257 g/mol. The van der Waals surface area contributed by atoms with Gasteiger partial charge in [0, 0.05) is 5.02 Å². The molecule has 2 atom stereocenters. The maximum absolute atomic E-state index is 12.0. The third-order valence-corrected chi connectivity index (χ3v) is 5.18. The van der Waals surface area contributed by atoms with Crippen LogP contribution < -0.4 is 5.73 Å². The van der Waals surface area contributed by atoms with Gasteiger partial charge in [-0.25, -0.2) is 8.42 Å². The van der Waals surface area contributed by atoms with E-state index >= 15 is 0 Å². The van der Waals surface area contributed by atoms with Gasteiger partial charge in [0.25, 0.3) is 0 Å². The third kappa shape index (κ3) is 1.69. The van der Waals surface area contributed by atoms with Crippen molar-refractivity contribution in [3.63, 3.8) is 0 Å². The lowest BCUT2D eigenvalue weighted by molar-refractivity contribution is 0.592. The first-order valence-electron chi connectivity index (χ1n) is 4.60. The first-order chi connectivity index (χ1) is 7.40. The minimum atomic E-state index is -3.51. The van der Waals surface area contributed by atoms with E-state index in [0.717, 1.165) is 0 Å². The van der Waals surface area contributed by atoms with Gasteiger partial charge in [0.15, 0.2) is 9.84 Å². The Morgan fingerprint density at radius 1 is 1.44 bits per heavy atom. The molecule has 1 aromatic rings. The first kappa shape index (κ1) is 11.4. The van der Waals surface area contributed by atoms with E-state index < -0.39 is 20.6 Å². The molecule has 84 valence electrons. The number of hydrogen-bond donors (Lipinski definition) is 1. The summed E-state index contributed by atoms with van der Waals surface area (Å²) in [7, 11) is -3.51. The molecule has 0 radical (unpaired) electrons. The van der Waals surface area contributed by atoms with Gasteiger partial charge in [0.2, 0.25) is 0 Å². The first-order valence-corrected chi connectivity index (χ1v) is 6.52. The fraction of sp³-hybridized carbons (Fsp3) is 0.300. The number of hydrogen-bond acceptors (Lipinski definition) is 4. The van der Waals surface area contributed by atoms with Crippen molar-refractivity contribution in [1.82, 2.24) is 0 Å². The highest BCUT2D eigenvalue weighted by molar-refractivity contribution is 7.92. The largest absolute Gasteiger partial charge is 0.312 e. The van der Waals surface area contributed by atoms with Crippen LogP contribution in [0, 0.1) is 11.3 Å². The zero-order valence-corrected chi connectivity index (χ0v) is 9.79. The number of sulfone groups is 1. The number of rotatable bonds is 2. The molecule has 0 unspecified atom stereocenters. The van der Waals surface area contributed by atoms with Gasteiger partial charge < -0.3 is 5.73 Å². The van der Waals surface area contributed by atoms with E-state index in [1.54, 1.807) is 0 Å². The van der Waals surface area contributed by atoms with Crippen LogP contribution in [0.2, 0.25) is 5.02 Å². The molecule has 0 aromatic heterocycles. The minimum absolute atomic E-state index is 0.157. The second-order valence-electron chi connectivity index (χ2n) is 3.84. The summed E-state index contributed by atoms with van der Waals surface area (Å²) in [6.07, 6.45) is 0.189. The van der Waals surface area contributed by atoms with E-state index in [2.05, 4.69) is 0 Å². The fourth-order valence-corrected chi connectivity index (χ4v) is 3.61. The Bertz CT molecular complexity index is 561. The number of halogens is 1. The minimum Gasteiger partial charge on any atom is -0.312 e. The summed E-state index contributed by atoms with van der Waals surface area (Å²) in [6.45, 7) is 0. The lowest BCUT2D eigenvalue weighted by Gasteiger charge is -2.04. The highest BCUT2D eigenvalue weighted by atomic mass is 35.5. The van der Waals surface area contributed by atoms with Crippen molar-refractivity contribution in [2.24, 2.45) is 5.73 Å². The second kappa shape index (κ2) is 3.45. The summed E-state index contributed by atoms with van der Waals surface area (Å²) in [5.41, 5.74) is 4.35. The van der Waals surface area contributed by atoms with Crippen molar-refractivity contribution < 1.29 is 8.42 Å². The van der Waals surface area contributed by atoms with E-state index in [1.165, 1.54) is 24.3 Å². The Balaban J connectivity index is 2.36. The molecule has 0 amide bonds. The lowest BCUT2D eigenvalue weighted by atomic mass is 10.3. The van der Waals surface area contributed by atoms with Crippen molar-refractivity contribution in [3.8, 4) is 6.07 Å². The topological polar surface area (TPSA) is 83.9 Å². The van der Waals surface area contributed by atoms with Gasteiger partial charge in [-0.3, -0.25) is 0 Å². The predicted octanol–water partition coefficient (Wildman–Crippen LogP) is 1.11. The summed E-state index contributed by atoms with van der Waals surface area (Å²) in [6, 6.07) is 7.68. The number of nitrogens with zero attached hydrogens (tertiary/aromatic N) is 1. The highest BCUT2D eigenvalue weighted by Gasteiger charge is 2.60. The van der Waals surface area contributed by atoms with Gasteiger partial charge in [0.05, 0.1) is 11.0 Å². The molecule has 0 saturated heterocycles. The molecular formula is C10H9ClN2O2S. The van der Waals surface area contributed by atoms with Crippen molar-refractivity contribution >= 4 is 21.4 Å². The van der Waals surface area contributed by atoms with Crippen molar-refractivity contribution in [1.29, 1.82) is 5.26 Å². The maximum Gasteiger partial charge on any atom is 0.184 e. The van der Waals surface area contributed by atoms with Crippen LogP contribution >= 0.6 is 11.6 Å². The summed E-state index contributed by atoms with van der Waals surface area (Å²) >= 11 is 5.67. The number of nitrogens with two attached hydrogens (primary N) is 1. The molecule has 0 aliphatic heterocycles. The van der Waals surface area contributed by atoms with Gasteiger partial charge in [-0.2, -0.15) is 5.26 Å². The summed E-state index contributed by atoms with van der Waals surface area (Å²) in [5, 5.41) is 8.40. The van der Waals surface area contributed by atoms with Crippen LogP contribution in [0.25, 0.3) is 0 Å². The third-order valence-electron chi connectivity index (χ3n) is 2.66. The summed E-state index contributed by atoms with van der Waals surface area (Å²) in [5.74, 6) is 0. The Morgan fingerprint density at radius 2 is 2.00 bits per heavy atom. The second-order valence-corrected chi connectivity index (χ2v) is 6.41. The molecular weight excluding hydrogens is 248 g/mol. The van der Waals surface area contributed by atoms with E-state index in [4.69, 9.17) is 22.6 Å². The van der Waals surface area contributed by atoms with Gasteiger partial charge in [-0.1, -0.05) is 11.6 Å². The molecule has 1 aliphatic carbocycles. The molecule has 0 bridgehead atoms. The molecule has 1 aliphatic rings. The van der Waals surface area contributed by atoms with Crippen LogP contribution in [-0.4, -0.2) is 19.2 Å². The highest BCUT2D eigenvalue weighted by Crippen LogP contribution is 2.42. The molecule has 1 aromatic carbocycles. The predicted molar refractivity (Wildman–Crippen MR) is 59.6 cm³/mol. The van der Waals surface area contributed by atoms with Crippen LogP contribution in [0.1, 0.15) is 6.42 Å². The van der Waals surface area contributed by atoms with Crippen LogP contribution in [0.4, 0.5) is 0 Å². The molecule has 16 heavy (non-hydrogen) atoms. The smallest absolute Gasteiger partial charge is 0.184 e. The Hall–Kier alpha value is -1.09. The van der Waals surface area contributed by atoms with Gasteiger partial charge >= 0.3 is 0 Å². The summed E-state index contributed by atoms with van der Waals surface area (Å²) in [4.78, 5) is 0.157. The molecule has 0 heterocycles. The van der Waals surface area contributed by atoms with Crippen LogP contribution in [0.3, 0.4) is 0 Å². The van der Waals surface area contributed by atoms with Crippen molar-refractivity contribution in [2.45, 2.75) is 22.1 Å². The Morgan fingerprint density at radius 3 is 2.44 bits per heavy atom. The Labute approximate surface area is 98.5 Å².